The molecule has 0 aromatic heterocycles. The van der Waals surface area contributed by atoms with Gasteiger partial charge in [-0.2, -0.15) is 0 Å². The molecule has 3 aromatic rings. The maximum absolute atomic E-state index is 13.2. The predicted octanol–water partition coefficient (Wildman–Crippen LogP) is 5.46. The number of amides is 1. The summed E-state index contributed by atoms with van der Waals surface area (Å²) < 4.78 is 6.20. The number of nitrogens with zero attached hydrogens (tertiary/aromatic N) is 1. The average molecular weight is 374 g/mol. The Kier molecular flexibility index (Phi) is 4.95. The molecule has 28 heavy (non-hydrogen) atoms. The SMILES string of the molecule is CCN1C(=O)c2ccccc2NC1c1c(OCC(C)C)ccc2ccccc12. The maximum Gasteiger partial charge on any atom is 0.257 e. The lowest BCUT2D eigenvalue weighted by atomic mass is 9.97. The summed E-state index contributed by atoms with van der Waals surface area (Å²) in [6.45, 7) is 7.53. The number of anilines is 1. The van der Waals surface area contributed by atoms with Crippen LogP contribution in [0, 0.1) is 5.92 Å². The van der Waals surface area contributed by atoms with Crippen molar-refractivity contribution in [2.45, 2.75) is 26.9 Å². The summed E-state index contributed by atoms with van der Waals surface area (Å²) >= 11 is 0. The van der Waals surface area contributed by atoms with Crippen LogP contribution in [0.3, 0.4) is 0 Å². The van der Waals surface area contributed by atoms with Gasteiger partial charge in [-0.25, -0.2) is 0 Å². The molecule has 1 amide bonds. The molecule has 1 unspecified atom stereocenters. The summed E-state index contributed by atoms with van der Waals surface area (Å²) in [5, 5.41) is 5.83. The van der Waals surface area contributed by atoms with Crippen molar-refractivity contribution in [1.82, 2.24) is 4.90 Å². The van der Waals surface area contributed by atoms with E-state index in [0.29, 0.717) is 24.6 Å². The van der Waals surface area contributed by atoms with Gasteiger partial charge in [0.2, 0.25) is 0 Å². The Morgan fingerprint density at radius 2 is 1.79 bits per heavy atom. The summed E-state index contributed by atoms with van der Waals surface area (Å²) in [5.41, 5.74) is 2.60. The second-order valence-corrected chi connectivity index (χ2v) is 7.59. The molecule has 4 heteroatoms. The Balaban J connectivity index is 1.89. The van der Waals surface area contributed by atoms with Gasteiger partial charge in [0.05, 0.1) is 12.2 Å². The number of rotatable bonds is 5. The Morgan fingerprint density at radius 3 is 2.57 bits per heavy atom. The van der Waals surface area contributed by atoms with E-state index in [1.165, 1.54) is 0 Å². The zero-order chi connectivity index (χ0) is 19.7. The number of benzene rings is 3. The minimum Gasteiger partial charge on any atom is -0.493 e. The highest BCUT2D eigenvalue weighted by atomic mass is 16.5. The maximum atomic E-state index is 13.2. The number of carbonyl (C=O) groups excluding carboxylic acids is 1. The molecule has 0 radical (unpaired) electrons. The minimum absolute atomic E-state index is 0.0459. The summed E-state index contributed by atoms with van der Waals surface area (Å²) in [5.74, 6) is 1.29. The highest BCUT2D eigenvalue weighted by Gasteiger charge is 2.34. The molecule has 4 rings (SSSR count). The summed E-state index contributed by atoms with van der Waals surface area (Å²) in [4.78, 5) is 15.1. The third-order valence-electron chi connectivity index (χ3n) is 5.14. The lowest BCUT2D eigenvalue weighted by Crippen LogP contribution is -2.43. The van der Waals surface area contributed by atoms with Gasteiger partial charge in [0.25, 0.3) is 5.91 Å². The molecule has 0 saturated heterocycles. The second-order valence-electron chi connectivity index (χ2n) is 7.59. The fourth-order valence-corrected chi connectivity index (χ4v) is 3.79. The molecule has 0 fully saturated rings. The number of ether oxygens (including phenoxy) is 1. The van der Waals surface area contributed by atoms with Crippen LogP contribution in [0.15, 0.2) is 60.7 Å². The van der Waals surface area contributed by atoms with Crippen LogP contribution in [0.5, 0.6) is 5.75 Å². The monoisotopic (exact) mass is 374 g/mol. The fraction of sp³-hybridized carbons (Fsp3) is 0.292. The van der Waals surface area contributed by atoms with E-state index in [-0.39, 0.29) is 12.1 Å². The van der Waals surface area contributed by atoms with Crippen LogP contribution < -0.4 is 10.1 Å². The molecule has 1 N–H and O–H groups in total. The van der Waals surface area contributed by atoms with Gasteiger partial charge in [-0.15, -0.1) is 0 Å². The van der Waals surface area contributed by atoms with Crippen molar-refractivity contribution in [3.63, 3.8) is 0 Å². The van der Waals surface area contributed by atoms with E-state index in [2.05, 4.69) is 37.4 Å². The number of fused-ring (bicyclic) bond motifs is 2. The van der Waals surface area contributed by atoms with Crippen LogP contribution >= 0.6 is 0 Å². The Morgan fingerprint density at radius 1 is 1.04 bits per heavy atom. The second kappa shape index (κ2) is 7.55. The van der Waals surface area contributed by atoms with Crippen LogP contribution in [0.4, 0.5) is 5.69 Å². The van der Waals surface area contributed by atoms with Crippen LogP contribution in [0.2, 0.25) is 0 Å². The zero-order valence-electron chi connectivity index (χ0n) is 16.6. The predicted molar refractivity (Wildman–Crippen MR) is 114 cm³/mol. The minimum atomic E-state index is -0.277. The van der Waals surface area contributed by atoms with E-state index in [0.717, 1.165) is 27.8 Å². The molecule has 3 aromatic carbocycles. The standard InChI is InChI=1S/C24H26N2O2/c1-4-26-23(25-20-12-8-7-11-19(20)24(26)27)22-18-10-6-5-9-17(18)13-14-21(22)28-15-16(2)3/h5-14,16,23,25H,4,15H2,1-3H3. The molecule has 0 aliphatic carbocycles. The summed E-state index contributed by atoms with van der Waals surface area (Å²) in [6, 6.07) is 20.1. The number of para-hydroxylation sites is 1. The topological polar surface area (TPSA) is 41.6 Å². The smallest absolute Gasteiger partial charge is 0.257 e. The van der Waals surface area contributed by atoms with Crippen LogP contribution in [0.25, 0.3) is 10.8 Å². The first kappa shape index (κ1) is 18.4. The van der Waals surface area contributed by atoms with E-state index in [1.807, 2.05) is 54.3 Å². The van der Waals surface area contributed by atoms with Gasteiger partial charge in [0, 0.05) is 17.8 Å². The first-order valence-corrected chi connectivity index (χ1v) is 9.91. The Hall–Kier alpha value is -3.01. The Bertz CT molecular complexity index is 1010. The van der Waals surface area contributed by atoms with Crippen LogP contribution in [-0.4, -0.2) is 24.0 Å². The number of nitrogens with one attached hydrogen (secondary N) is 1. The number of hydrogen-bond acceptors (Lipinski definition) is 3. The third kappa shape index (κ3) is 3.19. The highest BCUT2D eigenvalue weighted by molar-refractivity contribution is 6.02. The molecule has 1 aliphatic heterocycles. The van der Waals surface area contributed by atoms with Crippen molar-refractivity contribution in [3.05, 3.63) is 71.8 Å². The lowest BCUT2D eigenvalue weighted by molar-refractivity contribution is 0.0693. The van der Waals surface area contributed by atoms with E-state index >= 15 is 0 Å². The zero-order valence-corrected chi connectivity index (χ0v) is 16.6. The fourth-order valence-electron chi connectivity index (χ4n) is 3.79. The van der Waals surface area contributed by atoms with Crippen LogP contribution in [0.1, 0.15) is 42.9 Å². The van der Waals surface area contributed by atoms with Crippen LogP contribution in [-0.2, 0) is 0 Å². The molecule has 4 nitrogen and oxygen atoms in total. The highest BCUT2D eigenvalue weighted by Crippen LogP contribution is 2.40. The molecule has 1 heterocycles. The van der Waals surface area contributed by atoms with Crippen molar-refractivity contribution < 1.29 is 9.53 Å². The van der Waals surface area contributed by atoms with Crippen molar-refractivity contribution in [3.8, 4) is 5.75 Å². The van der Waals surface area contributed by atoms with Gasteiger partial charge in [-0.3, -0.25) is 4.79 Å². The largest absolute Gasteiger partial charge is 0.493 e. The number of carbonyl (C=O) groups is 1. The van der Waals surface area contributed by atoms with Crippen molar-refractivity contribution >= 4 is 22.4 Å². The summed E-state index contributed by atoms with van der Waals surface area (Å²) in [6.07, 6.45) is -0.277. The van der Waals surface area contributed by atoms with E-state index in [9.17, 15) is 4.79 Å². The van der Waals surface area contributed by atoms with Gasteiger partial charge < -0.3 is 15.0 Å². The molecule has 0 spiro atoms. The normalized spacial score (nSPS) is 16.2. The lowest BCUT2D eigenvalue weighted by Gasteiger charge is -2.38. The molecule has 1 aliphatic rings. The molecule has 144 valence electrons. The molecule has 0 saturated carbocycles. The van der Waals surface area contributed by atoms with E-state index < -0.39 is 0 Å². The summed E-state index contributed by atoms with van der Waals surface area (Å²) in [7, 11) is 0. The van der Waals surface area contributed by atoms with Crippen molar-refractivity contribution in [1.29, 1.82) is 0 Å². The quantitative estimate of drug-likeness (QED) is 0.645. The molecular formula is C24H26N2O2. The van der Waals surface area contributed by atoms with Crippen molar-refractivity contribution in [2.24, 2.45) is 5.92 Å². The van der Waals surface area contributed by atoms with E-state index in [1.54, 1.807) is 0 Å². The first-order valence-electron chi connectivity index (χ1n) is 9.91. The van der Waals surface area contributed by atoms with Gasteiger partial charge in [0.15, 0.2) is 0 Å². The van der Waals surface area contributed by atoms with Gasteiger partial charge in [-0.1, -0.05) is 56.3 Å². The van der Waals surface area contributed by atoms with Gasteiger partial charge >= 0.3 is 0 Å². The average Bonchev–Trinajstić information content (AvgIpc) is 2.71. The molecular weight excluding hydrogens is 348 g/mol. The van der Waals surface area contributed by atoms with Gasteiger partial charge in [0.1, 0.15) is 11.9 Å². The Labute approximate surface area is 166 Å². The first-order chi connectivity index (χ1) is 13.6. The van der Waals surface area contributed by atoms with E-state index in [4.69, 9.17) is 4.74 Å². The molecule has 1 atom stereocenters. The van der Waals surface area contributed by atoms with Gasteiger partial charge in [-0.05, 0) is 41.8 Å². The van der Waals surface area contributed by atoms with Crippen molar-refractivity contribution in [2.75, 3.05) is 18.5 Å². The third-order valence-corrected chi connectivity index (χ3v) is 5.14. The molecule has 0 bridgehead atoms. The number of hydrogen-bond donors (Lipinski definition) is 1.